The van der Waals surface area contributed by atoms with Gasteiger partial charge in [-0.1, -0.05) is 42.5 Å². The second kappa shape index (κ2) is 8.51. The minimum Gasteiger partial charge on any atom is -0.497 e. The molecule has 4 aromatic rings. The third-order valence-electron chi connectivity index (χ3n) is 4.90. The smallest absolute Gasteiger partial charge is 0.416 e. The fourth-order valence-corrected chi connectivity index (χ4v) is 4.34. The number of nitrogens with one attached hydrogen (secondary N) is 1. The Morgan fingerprint density at radius 1 is 0.968 bits per heavy atom. The first-order chi connectivity index (χ1) is 14.9. The van der Waals surface area contributed by atoms with Crippen LogP contribution >= 0.6 is 11.8 Å². The molecule has 0 amide bonds. The summed E-state index contributed by atoms with van der Waals surface area (Å²) < 4.78 is 44.7. The Morgan fingerprint density at radius 3 is 2.32 bits per heavy atom. The number of methoxy groups -OCH3 is 1. The van der Waals surface area contributed by atoms with Crippen LogP contribution in [-0.4, -0.2) is 12.1 Å². The molecule has 1 aromatic heterocycles. The molecule has 0 saturated carbocycles. The van der Waals surface area contributed by atoms with Crippen molar-refractivity contribution in [2.45, 2.75) is 17.0 Å². The highest BCUT2D eigenvalue weighted by atomic mass is 32.2. The van der Waals surface area contributed by atoms with Gasteiger partial charge in [-0.05, 0) is 41.5 Å². The second-order valence-corrected chi connectivity index (χ2v) is 7.90. The number of benzene rings is 3. The largest absolute Gasteiger partial charge is 0.497 e. The van der Waals surface area contributed by atoms with Gasteiger partial charge in [0.15, 0.2) is 5.43 Å². The quantitative estimate of drug-likeness (QED) is 0.359. The van der Waals surface area contributed by atoms with E-state index in [0.717, 1.165) is 23.4 Å². The van der Waals surface area contributed by atoms with E-state index in [2.05, 4.69) is 4.98 Å². The van der Waals surface area contributed by atoms with Crippen LogP contribution in [0.15, 0.2) is 82.6 Å². The van der Waals surface area contributed by atoms with Crippen molar-refractivity contribution in [3.05, 3.63) is 94.1 Å². The van der Waals surface area contributed by atoms with Crippen molar-refractivity contribution in [2.75, 3.05) is 7.11 Å². The predicted molar refractivity (Wildman–Crippen MR) is 118 cm³/mol. The summed E-state index contributed by atoms with van der Waals surface area (Å²) in [6.07, 6.45) is -4.49. The maximum absolute atomic E-state index is 13.3. The van der Waals surface area contributed by atoms with Crippen LogP contribution in [0.1, 0.15) is 11.1 Å². The van der Waals surface area contributed by atoms with Crippen LogP contribution in [0, 0.1) is 0 Å². The molecular formula is C24H18F3NO2S. The number of hydrogen-bond acceptors (Lipinski definition) is 3. The number of H-pyrrole nitrogens is 1. The van der Waals surface area contributed by atoms with Gasteiger partial charge in [-0.25, -0.2) is 0 Å². The lowest BCUT2D eigenvalue weighted by Gasteiger charge is -2.13. The minimum atomic E-state index is -4.49. The van der Waals surface area contributed by atoms with Crippen molar-refractivity contribution in [3.8, 4) is 16.9 Å². The predicted octanol–water partition coefficient (Wildman–Crippen LogP) is 6.51. The van der Waals surface area contributed by atoms with Crippen molar-refractivity contribution in [1.82, 2.24) is 4.98 Å². The van der Waals surface area contributed by atoms with Crippen molar-refractivity contribution in [2.24, 2.45) is 0 Å². The number of halogens is 3. The van der Waals surface area contributed by atoms with E-state index in [1.54, 1.807) is 7.11 Å². The molecule has 0 fully saturated rings. The van der Waals surface area contributed by atoms with Crippen LogP contribution < -0.4 is 10.2 Å². The van der Waals surface area contributed by atoms with Gasteiger partial charge in [-0.15, -0.1) is 11.8 Å². The van der Waals surface area contributed by atoms with Crippen molar-refractivity contribution < 1.29 is 17.9 Å². The zero-order valence-electron chi connectivity index (χ0n) is 16.5. The van der Waals surface area contributed by atoms with Gasteiger partial charge in [0.05, 0.1) is 28.8 Å². The normalized spacial score (nSPS) is 11.6. The summed E-state index contributed by atoms with van der Waals surface area (Å²) in [5.74, 6) is 1.27. The van der Waals surface area contributed by atoms with E-state index >= 15 is 0 Å². The summed E-state index contributed by atoms with van der Waals surface area (Å²) in [6, 6.07) is 19.8. The molecule has 158 valence electrons. The fourth-order valence-electron chi connectivity index (χ4n) is 3.30. The van der Waals surface area contributed by atoms with E-state index in [-0.39, 0.29) is 16.3 Å². The summed E-state index contributed by atoms with van der Waals surface area (Å²) in [4.78, 5) is 16.4. The summed E-state index contributed by atoms with van der Waals surface area (Å²) >= 11 is 1.37. The number of hydrogen-bond donors (Lipinski definition) is 1. The molecule has 1 N–H and O–H groups in total. The van der Waals surface area contributed by atoms with Crippen molar-refractivity contribution >= 4 is 22.7 Å². The second-order valence-electron chi connectivity index (χ2n) is 6.92. The number of rotatable bonds is 5. The maximum atomic E-state index is 13.3. The maximum Gasteiger partial charge on any atom is 0.416 e. The third kappa shape index (κ3) is 4.46. The molecule has 0 aliphatic rings. The zero-order valence-corrected chi connectivity index (χ0v) is 17.3. The molecule has 3 aromatic carbocycles. The summed E-state index contributed by atoms with van der Waals surface area (Å²) in [5, 5.41) is 0.750. The Morgan fingerprint density at radius 2 is 1.68 bits per heavy atom. The van der Waals surface area contributed by atoms with Crippen LogP contribution in [0.5, 0.6) is 5.75 Å². The molecule has 0 radical (unpaired) electrons. The molecular weight excluding hydrogens is 423 g/mol. The van der Waals surface area contributed by atoms with Gasteiger partial charge < -0.3 is 9.72 Å². The average molecular weight is 441 g/mol. The third-order valence-corrected chi connectivity index (χ3v) is 5.97. The van der Waals surface area contributed by atoms with Gasteiger partial charge in [-0.3, -0.25) is 4.79 Å². The molecule has 0 aliphatic heterocycles. The van der Waals surface area contributed by atoms with E-state index in [0.29, 0.717) is 21.9 Å². The lowest BCUT2D eigenvalue weighted by Crippen LogP contribution is -2.11. The average Bonchev–Trinajstić information content (AvgIpc) is 2.77. The number of pyridine rings is 1. The minimum absolute atomic E-state index is 0.164. The standard InChI is InChI=1S/C24H18F3NO2S/c1-30-18-10-7-15(8-11-18)14-31-23-21(16-5-3-2-4-6-16)22(29)19-12-9-17(24(25,26)27)13-20(19)28-23/h2-13H,14H2,1H3,(H,28,29). The number of thioether (sulfide) groups is 1. The number of fused-ring (bicyclic) bond motifs is 1. The van der Waals surface area contributed by atoms with E-state index in [1.807, 2.05) is 54.6 Å². The Balaban J connectivity index is 1.82. The molecule has 0 bridgehead atoms. The van der Waals surface area contributed by atoms with Crippen molar-refractivity contribution in [3.63, 3.8) is 0 Å². The van der Waals surface area contributed by atoms with Gasteiger partial charge in [-0.2, -0.15) is 13.2 Å². The summed E-state index contributed by atoms with van der Waals surface area (Å²) in [6.45, 7) is 0. The molecule has 0 unspecified atom stereocenters. The van der Waals surface area contributed by atoms with Crippen LogP contribution in [-0.2, 0) is 11.9 Å². The number of aromatic amines is 1. The Hall–Kier alpha value is -3.19. The molecule has 0 saturated heterocycles. The van der Waals surface area contributed by atoms with Crippen LogP contribution in [0.25, 0.3) is 22.0 Å². The SMILES string of the molecule is COc1ccc(CSc2[nH]c3cc(C(F)(F)F)ccc3c(=O)c2-c2ccccc2)cc1. The Kier molecular flexibility index (Phi) is 5.78. The highest BCUT2D eigenvalue weighted by molar-refractivity contribution is 7.98. The van der Waals surface area contributed by atoms with Crippen molar-refractivity contribution in [1.29, 1.82) is 0 Å². The fraction of sp³-hybridized carbons (Fsp3) is 0.125. The summed E-state index contributed by atoms with van der Waals surface area (Å²) in [7, 11) is 1.59. The van der Waals surface area contributed by atoms with E-state index in [4.69, 9.17) is 4.74 Å². The van der Waals surface area contributed by atoms with Gasteiger partial charge >= 0.3 is 6.18 Å². The number of ether oxygens (including phenoxy) is 1. The van der Waals surface area contributed by atoms with E-state index < -0.39 is 11.7 Å². The van der Waals surface area contributed by atoms with Crippen LogP contribution in [0.4, 0.5) is 13.2 Å². The first-order valence-corrected chi connectivity index (χ1v) is 10.4. The molecule has 0 spiro atoms. The number of alkyl halides is 3. The van der Waals surface area contributed by atoms with Gasteiger partial charge in [0, 0.05) is 11.1 Å². The lowest BCUT2D eigenvalue weighted by atomic mass is 10.0. The first kappa shape index (κ1) is 21.1. The molecule has 3 nitrogen and oxygen atoms in total. The molecule has 4 rings (SSSR count). The zero-order chi connectivity index (χ0) is 22.0. The van der Waals surface area contributed by atoms with Crippen LogP contribution in [0.3, 0.4) is 0 Å². The van der Waals surface area contributed by atoms with E-state index in [1.165, 1.54) is 17.8 Å². The topological polar surface area (TPSA) is 42.1 Å². The number of aromatic nitrogens is 1. The highest BCUT2D eigenvalue weighted by Gasteiger charge is 2.31. The molecule has 7 heteroatoms. The van der Waals surface area contributed by atoms with Crippen LogP contribution in [0.2, 0.25) is 0 Å². The molecule has 1 heterocycles. The monoisotopic (exact) mass is 441 g/mol. The lowest BCUT2D eigenvalue weighted by molar-refractivity contribution is -0.137. The van der Waals surface area contributed by atoms with Gasteiger partial charge in [0.1, 0.15) is 5.75 Å². The molecule has 0 atom stereocenters. The summed E-state index contributed by atoms with van der Waals surface area (Å²) in [5.41, 5.74) is 1.22. The Labute approximate surface area is 180 Å². The van der Waals surface area contributed by atoms with Gasteiger partial charge in [0.2, 0.25) is 0 Å². The van der Waals surface area contributed by atoms with Gasteiger partial charge in [0.25, 0.3) is 0 Å². The Bertz CT molecular complexity index is 1270. The highest BCUT2D eigenvalue weighted by Crippen LogP contribution is 2.34. The van der Waals surface area contributed by atoms with E-state index in [9.17, 15) is 18.0 Å². The molecule has 0 aliphatic carbocycles. The molecule has 31 heavy (non-hydrogen) atoms. The first-order valence-electron chi connectivity index (χ1n) is 9.45.